The summed E-state index contributed by atoms with van der Waals surface area (Å²) in [5, 5.41) is 3.28. The van der Waals surface area contributed by atoms with Crippen LogP contribution in [0.4, 0.5) is 5.82 Å². The Morgan fingerprint density at radius 2 is 2.26 bits per heavy atom. The lowest BCUT2D eigenvalue weighted by molar-refractivity contribution is 0.232. The first kappa shape index (κ1) is 14.1. The van der Waals surface area contributed by atoms with E-state index in [-0.39, 0.29) is 6.10 Å². The minimum Gasteiger partial charge on any atom is -0.475 e. The average Bonchev–Trinajstić information content (AvgIpc) is 2.72. The lowest BCUT2D eigenvalue weighted by atomic mass is 9.90. The van der Waals surface area contributed by atoms with E-state index in [1.165, 1.54) is 6.42 Å². The molecule has 2 rings (SSSR count). The third-order valence-electron chi connectivity index (χ3n) is 3.47. The van der Waals surface area contributed by atoms with Gasteiger partial charge in [-0.05, 0) is 32.7 Å². The van der Waals surface area contributed by atoms with Gasteiger partial charge in [-0.1, -0.05) is 6.92 Å². The largest absolute Gasteiger partial charge is 0.475 e. The zero-order valence-electron chi connectivity index (χ0n) is 12.3. The van der Waals surface area contributed by atoms with Crippen LogP contribution < -0.4 is 15.0 Å². The van der Waals surface area contributed by atoms with Crippen molar-refractivity contribution in [2.75, 3.05) is 31.6 Å². The number of hydrogen-bond donors (Lipinski definition) is 1. The maximum atomic E-state index is 5.62. The maximum absolute atomic E-state index is 5.62. The fraction of sp³-hybridized carbons (Fsp3) is 0.714. The molecule has 1 atom stereocenters. The second-order valence-electron chi connectivity index (χ2n) is 5.89. The summed E-state index contributed by atoms with van der Waals surface area (Å²) in [6.45, 7) is 9.41. The molecule has 0 bridgehead atoms. The quantitative estimate of drug-likeness (QED) is 0.877. The minimum atomic E-state index is 0.135. The lowest BCUT2D eigenvalue weighted by Crippen LogP contribution is -2.33. The van der Waals surface area contributed by atoms with E-state index in [0.717, 1.165) is 25.5 Å². The van der Waals surface area contributed by atoms with Crippen molar-refractivity contribution in [3.63, 3.8) is 0 Å². The molecule has 0 spiro atoms. The number of ether oxygens (including phenoxy) is 1. The summed E-state index contributed by atoms with van der Waals surface area (Å²) < 4.78 is 5.62. The van der Waals surface area contributed by atoms with Crippen LogP contribution >= 0.6 is 0 Å². The van der Waals surface area contributed by atoms with E-state index in [9.17, 15) is 0 Å². The summed E-state index contributed by atoms with van der Waals surface area (Å²) in [6, 6.07) is 1.94. The molecule has 1 aliphatic rings. The molecule has 1 unspecified atom stereocenters. The van der Waals surface area contributed by atoms with Crippen molar-refractivity contribution in [3.8, 4) is 5.88 Å². The highest BCUT2D eigenvalue weighted by Crippen LogP contribution is 2.32. The van der Waals surface area contributed by atoms with Crippen LogP contribution in [0.3, 0.4) is 0 Å². The molecule has 1 aromatic rings. The maximum Gasteiger partial charge on any atom is 0.218 e. The van der Waals surface area contributed by atoms with Crippen molar-refractivity contribution in [2.24, 2.45) is 5.41 Å². The normalized spacial score (nSPS) is 23.1. The smallest absolute Gasteiger partial charge is 0.218 e. The van der Waals surface area contributed by atoms with Gasteiger partial charge < -0.3 is 15.0 Å². The molecule has 1 aromatic heterocycles. The molecule has 5 nitrogen and oxygen atoms in total. The van der Waals surface area contributed by atoms with E-state index in [1.54, 1.807) is 6.33 Å². The Kier molecular flexibility index (Phi) is 4.24. The molecule has 5 heteroatoms. The molecule has 0 saturated carbocycles. The monoisotopic (exact) mass is 264 g/mol. The number of rotatable bonds is 5. The first-order valence-corrected chi connectivity index (χ1v) is 6.91. The van der Waals surface area contributed by atoms with Crippen molar-refractivity contribution in [3.05, 3.63) is 12.4 Å². The Morgan fingerprint density at radius 1 is 1.47 bits per heavy atom. The van der Waals surface area contributed by atoms with Gasteiger partial charge >= 0.3 is 0 Å². The van der Waals surface area contributed by atoms with Crippen LogP contribution in [0, 0.1) is 5.41 Å². The Balaban J connectivity index is 2.07. The molecule has 0 amide bonds. The minimum absolute atomic E-state index is 0.135. The molecule has 1 N–H and O–H groups in total. The van der Waals surface area contributed by atoms with E-state index in [4.69, 9.17) is 4.74 Å². The van der Waals surface area contributed by atoms with Crippen molar-refractivity contribution < 1.29 is 4.74 Å². The number of aromatic nitrogens is 2. The number of nitrogens with one attached hydrogen (secondary N) is 1. The highest BCUT2D eigenvalue weighted by Gasteiger charge is 2.33. The first-order valence-electron chi connectivity index (χ1n) is 6.91. The Hall–Kier alpha value is -1.36. The Bertz CT molecular complexity index is 424. The summed E-state index contributed by atoms with van der Waals surface area (Å²) >= 11 is 0. The zero-order chi connectivity index (χ0) is 13.9. The van der Waals surface area contributed by atoms with Crippen LogP contribution in [0.2, 0.25) is 0 Å². The molecular weight excluding hydrogens is 240 g/mol. The van der Waals surface area contributed by atoms with E-state index in [1.807, 2.05) is 27.0 Å². The van der Waals surface area contributed by atoms with Gasteiger partial charge in [0.05, 0.1) is 6.10 Å². The Morgan fingerprint density at radius 3 is 2.95 bits per heavy atom. The van der Waals surface area contributed by atoms with Crippen LogP contribution in [-0.2, 0) is 0 Å². The third-order valence-corrected chi connectivity index (χ3v) is 3.47. The van der Waals surface area contributed by atoms with Crippen LogP contribution in [0.15, 0.2) is 12.4 Å². The van der Waals surface area contributed by atoms with Crippen LogP contribution in [0.1, 0.15) is 27.2 Å². The second kappa shape index (κ2) is 5.74. The highest BCUT2D eigenvalue weighted by molar-refractivity contribution is 5.42. The topological polar surface area (TPSA) is 50.3 Å². The molecule has 1 fully saturated rings. The van der Waals surface area contributed by atoms with Gasteiger partial charge in [0.1, 0.15) is 12.1 Å². The predicted octanol–water partition coefficient (Wildman–Crippen LogP) is 1.70. The van der Waals surface area contributed by atoms with Gasteiger partial charge in [0, 0.05) is 25.7 Å². The first-order chi connectivity index (χ1) is 9.02. The molecule has 0 aromatic carbocycles. The fourth-order valence-corrected chi connectivity index (χ4v) is 2.60. The van der Waals surface area contributed by atoms with E-state index >= 15 is 0 Å². The molecule has 1 aliphatic heterocycles. The van der Waals surface area contributed by atoms with Gasteiger partial charge in [-0.25, -0.2) is 9.97 Å². The molecule has 0 radical (unpaired) electrons. The van der Waals surface area contributed by atoms with Crippen LogP contribution in [0.5, 0.6) is 5.88 Å². The molecule has 0 aliphatic carbocycles. The van der Waals surface area contributed by atoms with E-state index < -0.39 is 0 Å². The van der Waals surface area contributed by atoms with Gasteiger partial charge in [-0.2, -0.15) is 0 Å². The molecule has 1 saturated heterocycles. The molecule has 106 valence electrons. The van der Waals surface area contributed by atoms with Crippen molar-refractivity contribution in [1.82, 2.24) is 15.3 Å². The summed E-state index contributed by atoms with van der Waals surface area (Å²) in [5.74, 6) is 1.62. The summed E-state index contributed by atoms with van der Waals surface area (Å²) in [6.07, 6.45) is 2.90. The second-order valence-corrected chi connectivity index (χ2v) is 5.89. The summed E-state index contributed by atoms with van der Waals surface area (Å²) in [7, 11) is 2.01. The van der Waals surface area contributed by atoms with Gasteiger partial charge in [-0.3, -0.25) is 0 Å². The van der Waals surface area contributed by atoms with Gasteiger partial charge in [-0.15, -0.1) is 0 Å². The fourth-order valence-electron chi connectivity index (χ4n) is 2.60. The highest BCUT2D eigenvalue weighted by atomic mass is 16.5. The number of hydrogen-bond acceptors (Lipinski definition) is 5. The molecule has 2 heterocycles. The standard InChI is InChI=1S/C14H24N4O/c1-11(2)19-13-7-12(16-10-17-13)18-6-5-14(3,9-18)8-15-4/h7,10-11,15H,5-6,8-9H2,1-4H3. The SMILES string of the molecule is CNCC1(C)CCN(c2cc(OC(C)C)ncn2)C1. The summed E-state index contributed by atoms with van der Waals surface area (Å²) in [4.78, 5) is 10.8. The predicted molar refractivity (Wildman–Crippen MR) is 76.7 cm³/mol. The van der Waals surface area contributed by atoms with E-state index in [2.05, 4.69) is 27.1 Å². The zero-order valence-corrected chi connectivity index (χ0v) is 12.3. The molecular formula is C14H24N4O. The number of anilines is 1. The van der Waals surface area contributed by atoms with Gasteiger partial charge in [0.2, 0.25) is 5.88 Å². The average molecular weight is 264 g/mol. The van der Waals surface area contributed by atoms with Crippen LogP contribution in [0.25, 0.3) is 0 Å². The molecule has 19 heavy (non-hydrogen) atoms. The van der Waals surface area contributed by atoms with E-state index in [0.29, 0.717) is 11.3 Å². The van der Waals surface area contributed by atoms with Crippen molar-refractivity contribution >= 4 is 5.82 Å². The van der Waals surface area contributed by atoms with Gasteiger partial charge in [0.25, 0.3) is 0 Å². The third kappa shape index (κ3) is 3.56. The van der Waals surface area contributed by atoms with Gasteiger partial charge in [0.15, 0.2) is 0 Å². The Labute approximate surface area is 115 Å². The van der Waals surface area contributed by atoms with Crippen LogP contribution in [-0.4, -0.2) is 42.8 Å². The number of nitrogens with zero attached hydrogens (tertiary/aromatic N) is 3. The van der Waals surface area contributed by atoms with Crippen molar-refractivity contribution in [1.29, 1.82) is 0 Å². The lowest BCUT2D eigenvalue weighted by Gasteiger charge is -2.24. The van der Waals surface area contributed by atoms with Crippen molar-refractivity contribution in [2.45, 2.75) is 33.3 Å². The summed E-state index contributed by atoms with van der Waals surface area (Å²) in [5.41, 5.74) is 0.318.